The molecule has 3 fully saturated rings. The molecular formula is C18H32N2O. The normalized spacial score (nSPS) is 39.1. The summed E-state index contributed by atoms with van der Waals surface area (Å²) < 4.78 is 0. The zero-order chi connectivity index (χ0) is 15.1. The minimum atomic E-state index is 0.419. The quantitative estimate of drug-likeness (QED) is 0.777. The fourth-order valence-electron chi connectivity index (χ4n) is 4.65. The van der Waals surface area contributed by atoms with Crippen molar-refractivity contribution in [1.82, 2.24) is 9.80 Å². The van der Waals surface area contributed by atoms with Crippen molar-refractivity contribution >= 4 is 5.91 Å². The van der Waals surface area contributed by atoms with Gasteiger partial charge in [0.1, 0.15) is 0 Å². The lowest BCUT2D eigenvalue weighted by Gasteiger charge is -2.42. The molecule has 120 valence electrons. The van der Waals surface area contributed by atoms with Crippen molar-refractivity contribution in [2.24, 2.45) is 23.7 Å². The van der Waals surface area contributed by atoms with E-state index in [0.717, 1.165) is 49.6 Å². The number of nitrogens with zero attached hydrogens (tertiary/aromatic N) is 2. The van der Waals surface area contributed by atoms with Gasteiger partial charge in [-0.3, -0.25) is 9.69 Å². The maximum absolute atomic E-state index is 12.5. The van der Waals surface area contributed by atoms with Crippen LogP contribution in [0.25, 0.3) is 0 Å². The van der Waals surface area contributed by atoms with E-state index < -0.39 is 0 Å². The highest BCUT2D eigenvalue weighted by molar-refractivity contribution is 5.76. The summed E-state index contributed by atoms with van der Waals surface area (Å²) in [5.41, 5.74) is 0. The first-order chi connectivity index (χ1) is 9.97. The number of carbonyl (C=O) groups excluding carboxylic acids is 1. The van der Waals surface area contributed by atoms with Gasteiger partial charge in [-0.05, 0) is 42.9 Å². The third-order valence-corrected chi connectivity index (χ3v) is 6.29. The lowest BCUT2D eigenvalue weighted by Crippen LogP contribution is -2.56. The number of hydrogen-bond acceptors (Lipinski definition) is 2. The van der Waals surface area contributed by atoms with E-state index in [2.05, 4.69) is 37.5 Å². The molecule has 0 radical (unpaired) electrons. The Bertz CT molecular complexity index is 373. The Hall–Kier alpha value is -0.570. The summed E-state index contributed by atoms with van der Waals surface area (Å²) in [6.45, 7) is 12.4. The molecule has 21 heavy (non-hydrogen) atoms. The summed E-state index contributed by atoms with van der Waals surface area (Å²) in [6, 6.07) is 1.27. The highest BCUT2D eigenvalue weighted by Gasteiger charge is 2.44. The number of amides is 1. The number of carbonyl (C=O) groups is 1. The van der Waals surface area contributed by atoms with Crippen molar-refractivity contribution < 1.29 is 4.79 Å². The third kappa shape index (κ3) is 3.13. The van der Waals surface area contributed by atoms with E-state index >= 15 is 0 Å². The Morgan fingerprint density at radius 2 is 1.67 bits per heavy atom. The van der Waals surface area contributed by atoms with Gasteiger partial charge in [0.2, 0.25) is 5.91 Å². The molecule has 2 heterocycles. The lowest BCUT2D eigenvalue weighted by molar-refractivity contribution is -0.135. The average molecular weight is 292 g/mol. The van der Waals surface area contributed by atoms with E-state index in [4.69, 9.17) is 0 Å². The predicted molar refractivity (Wildman–Crippen MR) is 86.0 cm³/mol. The topological polar surface area (TPSA) is 23.6 Å². The first kappa shape index (κ1) is 15.3. The van der Waals surface area contributed by atoms with Crippen LogP contribution < -0.4 is 0 Å². The predicted octanol–water partition coefficient (Wildman–Crippen LogP) is 3.00. The van der Waals surface area contributed by atoms with Gasteiger partial charge in [-0.1, -0.05) is 27.7 Å². The van der Waals surface area contributed by atoms with Gasteiger partial charge in [-0.15, -0.1) is 0 Å². The second-order valence-electron chi connectivity index (χ2n) is 8.20. The Morgan fingerprint density at radius 1 is 1.10 bits per heavy atom. The van der Waals surface area contributed by atoms with E-state index in [1.165, 1.54) is 19.4 Å². The third-order valence-electron chi connectivity index (χ3n) is 6.29. The monoisotopic (exact) mass is 292 g/mol. The molecule has 1 saturated carbocycles. The van der Waals surface area contributed by atoms with Crippen molar-refractivity contribution in [3.8, 4) is 0 Å². The van der Waals surface area contributed by atoms with Crippen LogP contribution in [0.4, 0.5) is 0 Å². The molecule has 2 bridgehead atoms. The number of fused-ring (bicyclic) bond motifs is 2. The molecule has 3 heteroatoms. The Balaban J connectivity index is 1.49. The molecule has 0 spiro atoms. The maximum atomic E-state index is 12.5. The largest absolute Gasteiger partial charge is 0.340 e. The molecule has 3 aliphatic rings. The van der Waals surface area contributed by atoms with Crippen LogP contribution in [0.1, 0.15) is 53.4 Å². The minimum absolute atomic E-state index is 0.419. The molecule has 2 saturated heterocycles. The van der Waals surface area contributed by atoms with Crippen LogP contribution in [0.2, 0.25) is 0 Å². The van der Waals surface area contributed by atoms with E-state index in [1.807, 2.05) is 0 Å². The second-order valence-corrected chi connectivity index (χ2v) is 8.20. The molecule has 0 aromatic carbocycles. The smallest absolute Gasteiger partial charge is 0.222 e. The van der Waals surface area contributed by atoms with E-state index in [0.29, 0.717) is 18.0 Å². The number of hydrogen-bond donors (Lipinski definition) is 0. The van der Waals surface area contributed by atoms with Crippen LogP contribution in [0.15, 0.2) is 0 Å². The first-order valence-electron chi connectivity index (χ1n) is 9.01. The van der Waals surface area contributed by atoms with Crippen molar-refractivity contribution in [1.29, 1.82) is 0 Å². The molecule has 1 aliphatic carbocycles. The summed E-state index contributed by atoms with van der Waals surface area (Å²) in [6.07, 6.45) is 4.47. The number of rotatable bonds is 5. The lowest BCUT2D eigenvalue weighted by atomic mass is 10.1. The van der Waals surface area contributed by atoms with Crippen molar-refractivity contribution in [2.75, 3.05) is 19.6 Å². The summed E-state index contributed by atoms with van der Waals surface area (Å²) in [7, 11) is 0. The summed E-state index contributed by atoms with van der Waals surface area (Å²) in [5.74, 6) is 3.65. The van der Waals surface area contributed by atoms with Gasteiger partial charge in [0.25, 0.3) is 0 Å². The Morgan fingerprint density at radius 3 is 2.14 bits per heavy atom. The maximum Gasteiger partial charge on any atom is 0.222 e. The molecule has 1 amide bonds. The molecular weight excluding hydrogens is 260 g/mol. The summed E-state index contributed by atoms with van der Waals surface area (Å²) >= 11 is 0. The van der Waals surface area contributed by atoms with Crippen molar-refractivity contribution in [2.45, 2.75) is 65.5 Å². The molecule has 3 rings (SSSR count). The molecule has 3 nitrogen and oxygen atoms in total. The van der Waals surface area contributed by atoms with Gasteiger partial charge in [0, 0.05) is 38.1 Å². The fraction of sp³-hybridized carbons (Fsp3) is 0.944. The van der Waals surface area contributed by atoms with Crippen LogP contribution in [-0.2, 0) is 4.79 Å². The second kappa shape index (κ2) is 5.91. The van der Waals surface area contributed by atoms with Gasteiger partial charge in [0.05, 0.1) is 0 Å². The average Bonchev–Trinajstić information content (AvgIpc) is 2.95. The van der Waals surface area contributed by atoms with E-state index in [1.54, 1.807) is 0 Å². The SMILES string of the molecule is CC(C)CN1[C@@H]2CC[C@H]1CN(C(=O)CCC1C(C)C1C)C2. The van der Waals surface area contributed by atoms with Crippen LogP contribution in [0, 0.1) is 23.7 Å². The van der Waals surface area contributed by atoms with Crippen LogP contribution >= 0.6 is 0 Å². The number of likely N-dealkylation sites (tertiary alicyclic amines) is 1. The number of piperazine rings is 1. The van der Waals surface area contributed by atoms with Crippen LogP contribution in [-0.4, -0.2) is 47.4 Å². The molecule has 2 aliphatic heterocycles. The highest BCUT2D eigenvalue weighted by Crippen LogP contribution is 2.48. The molecule has 0 aromatic heterocycles. The standard InChI is InChI=1S/C18H32N2O/c1-12(2)9-20-15-5-6-16(20)11-19(10-15)18(21)8-7-17-13(3)14(17)4/h12-17H,5-11H2,1-4H3/t13?,14?,15-,16+,17?. The van der Waals surface area contributed by atoms with Gasteiger partial charge in [-0.2, -0.15) is 0 Å². The van der Waals surface area contributed by atoms with Crippen molar-refractivity contribution in [3.05, 3.63) is 0 Å². The fourth-order valence-corrected chi connectivity index (χ4v) is 4.65. The molecule has 0 aromatic rings. The van der Waals surface area contributed by atoms with Gasteiger partial charge in [-0.25, -0.2) is 0 Å². The Kier molecular flexibility index (Phi) is 4.31. The molecule has 4 atom stereocenters. The highest BCUT2D eigenvalue weighted by atomic mass is 16.2. The van der Waals surface area contributed by atoms with E-state index in [-0.39, 0.29) is 0 Å². The Labute approximate surface area is 130 Å². The van der Waals surface area contributed by atoms with Gasteiger partial charge < -0.3 is 4.90 Å². The summed E-state index contributed by atoms with van der Waals surface area (Å²) in [4.78, 5) is 17.4. The first-order valence-corrected chi connectivity index (χ1v) is 9.01. The van der Waals surface area contributed by atoms with Gasteiger partial charge >= 0.3 is 0 Å². The van der Waals surface area contributed by atoms with Gasteiger partial charge in [0.15, 0.2) is 0 Å². The van der Waals surface area contributed by atoms with E-state index in [9.17, 15) is 4.79 Å². The zero-order valence-corrected chi connectivity index (χ0v) is 14.2. The summed E-state index contributed by atoms with van der Waals surface area (Å²) in [5, 5.41) is 0. The van der Waals surface area contributed by atoms with Crippen LogP contribution in [0.3, 0.4) is 0 Å². The molecule has 0 N–H and O–H groups in total. The zero-order valence-electron chi connectivity index (χ0n) is 14.2. The molecule has 2 unspecified atom stereocenters. The van der Waals surface area contributed by atoms with Crippen LogP contribution in [0.5, 0.6) is 0 Å². The minimum Gasteiger partial charge on any atom is -0.340 e. The van der Waals surface area contributed by atoms with Crippen molar-refractivity contribution in [3.63, 3.8) is 0 Å².